The van der Waals surface area contributed by atoms with Gasteiger partial charge in [-0.1, -0.05) is 30.3 Å². The van der Waals surface area contributed by atoms with E-state index in [-0.39, 0.29) is 5.91 Å². The van der Waals surface area contributed by atoms with E-state index >= 15 is 0 Å². The van der Waals surface area contributed by atoms with Gasteiger partial charge in [-0.05, 0) is 41.3 Å². The molecule has 108 valence electrons. The molecule has 0 saturated heterocycles. The first-order chi connectivity index (χ1) is 10.7. The summed E-state index contributed by atoms with van der Waals surface area (Å²) in [5.74, 6) is 0.119. The highest BCUT2D eigenvalue weighted by Crippen LogP contribution is 2.27. The quantitative estimate of drug-likeness (QED) is 0.724. The van der Waals surface area contributed by atoms with Gasteiger partial charge in [-0.25, -0.2) is 0 Å². The summed E-state index contributed by atoms with van der Waals surface area (Å²) in [6.45, 7) is 0.700. The Morgan fingerprint density at radius 3 is 2.91 bits per heavy atom. The summed E-state index contributed by atoms with van der Waals surface area (Å²) in [5.41, 5.74) is 5.40. The van der Waals surface area contributed by atoms with Gasteiger partial charge < -0.3 is 4.90 Å². The number of amides is 1. The van der Waals surface area contributed by atoms with Crippen molar-refractivity contribution < 1.29 is 4.79 Å². The molecule has 0 saturated carbocycles. The Bertz CT molecular complexity index is 885. The molecule has 3 aromatic rings. The van der Waals surface area contributed by atoms with Crippen LogP contribution in [-0.2, 0) is 13.0 Å². The number of nitrogens with zero attached hydrogens (tertiary/aromatic N) is 2. The topological polar surface area (TPSA) is 33.2 Å². The Morgan fingerprint density at radius 1 is 1.14 bits per heavy atom. The van der Waals surface area contributed by atoms with Crippen molar-refractivity contribution in [3.63, 3.8) is 0 Å². The number of benzene rings is 2. The third-order valence-electron chi connectivity index (χ3n) is 4.29. The van der Waals surface area contributed by atoms with E-state index < -0.39 is 0 Å². The molecule has 3 nitrogen and oxygen atoms in total. The zero-order valence-corrected chi connectivity index (χ0v) is 12.4. The summed E-state index contributed by atoms with van der Waals surface area (Å²) >= 11 is 0. The number of pyridine rings is 1. The van der Waals surface area contributed by atoms with Crippen molar-refractivity contribution in [2.24, 2.45) is 0 Å². The molecule has 22 heavy (non-hydrogen) atoms. The van der Waals surface area contributed by atoms with Crippen LogP contribution in [0.4, 0.5) is 0 Å². The first kappa shape index (κ1) is 13.0. The molecule has 0 N–H and O–H groups in total. The molecule has 1 amide bonds. The van der Waals surface area contributed by atoms with Gasteiger partial charge >= 0.3 is 0 Å². The van der Waals surface area contributed by atoms with Gasteiger partial charge in [0.15, 0.2) is 0 Å². The average Bonchev–Trinajstić information content (AvgIpc) is 2.84. The van der Waals surface area contributed by atoms with Crippen molar-refractivity contribution in [2.45, 2.75) is 13.0 Å². The highest BCUT2D eigenvalue weighted by Gasteiger charge is 2.26. The fourth-order valence-corrected chi connectivity index (χ4v) is 3.14. The lowest BCUT2D eigenvalue weighted by Gasteiger charge is -2.09. The maximum atomic E-state index is 12.1. The molecule has 1 aliphatic rings. The van der Waals surface area contributed by atoms with E-state index in [2.05, 4.69) is 23.2 Å². The van der Waals surface area contributed by atoms with Gasteiger partial charge in [0.1, 0.15) is 0 Å². The second-order valence-electron chi connectivity index (χ2n) is 5.82. The summed E-state index contributed by atoms with van der Waals surface area (Å²) in [5, 5.41) is 1.15. The smallest absolute Gasteiger partial charge is 0.254 e. The van der Waals surface area contributed by atoms with Crippen molar-refractivity contribution in [3.05, 3.63) is 77.0 Å². The number of fused-ring (bicyclic) bond motifs is 2. The number of hydrogen-bond acceptors (Lipinski definition) is 2. The largest absolute Gasteiger partial charge is 0.337 e. The summed E-state index contributed by atoms with van der Waals surface area (Å²) in [6, 6.07) is 16.3. The highest BCUT2D eigenvalue weighted by molar-refractivity contribution is 5.98. The van der Waals surface area contributed by atoms with Gasteiger partial charge in [0.2, 0.25) is 0 Å². The van der Waals surface area contributed by atoms with E-state index in [0.717, 1.165) is 28.5 Å². The lowest BCUT2D eigenvalue weighted by Crippen LogP contribution is -2.17. The van der Waals surface area contributed by atoms with E-state index in [4.69, 9.17) is 0 Å². The first-order valence-electron chi connectivity index (χ1n) is 7.42. The van der Waals surface area contributed by atoms with Crippen LogP contribution in [0.1, 0.15) is 27.0 Å². The molecule has 2 aromatic carbocycles. The van der Waals surface area contributed by atoms with Crippen molar-refractivity contribution in [3.8, 4) is 0 Å². The molecular formula is C19H16N2O. The Labute approximate surface area is 129 Å². The predicted octanol–water partition coefficient (Wildman–Crippen LogP) is 3.41. The second kappa shape index (κ2) is 4.95. The lowest BCUT2D eigenvalue weighted by atomic mass is 9.97. The van der Waals surface area contributed by atoms with Crippen molar-refractivity contribution in [1.82, 2.24) is 9.88 Å². The summed E-state index contributed by atoms with van der Waals surface area (Å²) < 4.78 is 0. The SMILES string of the molecule is CN1Cc2c(Cc3cnc4ccccc4c3)cccc2C1=O. The maximum absolute atomic E-state index is 12.1. The van der Waals surface area contributed by atoms with E-state index in [1.165, 1.54) is 11.1 Å². The second-order valence-corrected chi connectivity index (χ2v) is 5.82. The normalized spacial score (nSPS) is 13.7. The minimum absolute atomic E-state index is 0.119. The fourth-order valence-electron chi connectivity index (χ4n) is 3.14. The van der Waals surface area contributed by atoms with Crippen LogP contribution in [0.2, 0.25) is 0 Å². The number of aromatic nitrogens is 1. The summed E-state index contributed by atoms with van der Waals surface area (Å²) in [4.78, 5) is 18.4. The van der Waals surface area contributed by atoms with Gasteiger partial charge in [0, 0.05) is 30.7 Å². The zero-order valence-electron chi connectivity index (χ0n) is 12.4. The lowest BCUT2D eigenvalue weighted by molar-refractivity contribution is 0.0816. The van der Waals surface area contributed by atoms with Gasteiger partial charge in [0.25, 0.3) is 5.91 Å². The maximum Gasteiger partial charge on any atom is 0.254 e. The van der Waals surface area contributed by atoms with E-state index in [1.807, 2.05) is 43.6 Å². The van der Waals surface area contributed by atoms with Crippen LogP contribution in [0.25, 0.3) is 10.9 Å². The molecule has 0 spiro atoms. The zero-order chi connectivity index (χ0) is 15.1. The molecule has 0 radical (unpaired) electrons. The molecule has 0 unspecified atom stereocenters. The fraction of sp³-hybridized carbons (Fsp3) is 0.158. The number of para-hydroxylation sites is 1. The molecule has 2 heterocycles. The Kier molecular flexibility index (Phi) is 2.93. The Hall–Kier alpha value is -2.68. The van der Waals surface area contributed by atoms with Gasteiger partial charge in [0.05, 0.1) is 5.52 Å². The third-order valence-corrected chi connectivity index (χ3v) is 4.29. The molecule has 0 atom stereocenters. The van der Waals surface area contributed by atoms with Gasteiger partial charge in [-0.15, -0.1) is 0 Å². The highest BCUT2D eigenvalue weighted by atomic mass is 16.2. The van der Waals surface area contributed by atoms with Gasteiger partial charge in [-0.3, -0.25) is 9.78 Å². The average molecular weight is 288 g/mol. The van der Waals surface area contributed by atoms with Crippen LogP contribution in [0.3, 0.4) is 0 Å². The number of carbonyl (C=O) groups is 1. The number of carbonyl (C=O) groups excluding carboxylic acids is 1. The van der Waals surface area contributed by atoms with Crippen LogP contribution in [0, 0.1) is 0 Å². The van der Waals surface area contributed by atoms with Crippen LogP contribution < -0.4 is 0 Å². The van der Waals surface area contributed by atoms with E-state index in [0.29, 0.717) is 6.54 Å². The van der Waals surface area contributed by atoms with Crippen LogP contribution in [-0.4, -0.2) is 22.8 Å². The van der Waals surface area contributed by atoms with Gasteiger partial charge in [-0.2, -0.15) is 0 Å². The minimum atomic E-state index is 0.119. The molecular weight excluding hydrogens is 272 g/mol. The monoisotopic (exact) mass is 288 g/mol. The molecule has 0 bridgehead atoms. The Balaban J connectivity index is 1.73. The van der Waals surface area contributed by atoms with Crippen molar-refractivity contribution in [2.75, 3.05) is 7.05 Å². The predicted molar refractivity (Wildman–Crippen MR) is 86.8 cm³/mol. The molecule has 1 aromatic heterocycles. The van der Waals surface area contributed by atoms with Crippen LogP contribution >= 0.6 is 0 Å². The summed E-state index contributed by atoms with van der Waals surface area (Å²) in [6.07, 6.45) is 2.74. The van der Waals surface area contributed by atoms with E-state index in [1.54, 1.807) is 4.90 Å². The molecule has 4 rings (SSSR count). The minimum Gasteiger partial charge on any atom is -0.337 e. The molecule has 3 heteroatoms. The standard InChI is InChI=1S/C19H16N2O/c1-21-12-17-14(6-4-7-16(17)19(21)22)9-13-10-15-5-2-3-8-18(15)20-11-13/h2-8,10-11H,9,12H2,1H3. The third kappa shape index (κ3) is 2.06. The van der Waals surface area contributed by atoms with Crippen LogP contribution in [0.15, 0.2) is 54.7 Å². The molecule has 0 fully saturated rings. The summed E-state index contributed by atoms with van der Waals surface area (Å²) in [7, 11) is 1.85. The number of hydrogen-bond donors (Lipinski definition) is 0. The van der Waals surface area contributed by atoms with Crippen molar-refractivity contribution >= 4 is 16.8 Å². The Morgan fingerprint density at radius 2 is 2.00 bits per heavy atom. The number of rotatable bonds is 2. The molecule has 1 aliphatic heterocycles. The molecule has 0 aliphatic carbocycles. The van der Waals surface area contributed by atoms with Crippen LogP contribution in [0.5, 0.6) is 0 Å². The van der Waals surface area contributed by atoms with Crippen molar-refractivity contribution in [1.29, 1.82) is 0 Å². The van der Waals surface area contributed by atoms with E-state index in [9.17, 15) is 4.79 Å². The first-order valence-corrected chi connectivity index (χ1v) is 7.42.